The minimum Gasteiger partial charge on any atom is -0.479 e. The molecule has 0 saturated heterocycles. The summed E-state index contributed by atoms with van der Waals surface area (Å²) in [7, 11) is 0. The number of nitrogens with one attached hydrogen (secondary N) is 1. The number of aliphatic carboxylic acids is 1. The van der Waals surface area contributed by atoms with E-state index < -0.39 is 36.2 Å². The fourth-order valence-corrected chi connectivity index (χ4v) is 3.70. The lowest BCUT2D eigenvalue weighted by Gasteiger charge is -2.24. The number of carbonyl (C=O) groups is 2. The molecule has 11 heteroatoms. The zero-order chi connectivity index (χ0) is 26.5. The van der Waals surface area contributed by atoms with Gasteiger partial charge in [0.15, 0.2) is 6.10 Å². The molecule has 1 atom stereocenters. The van der Waals surface area contributed by atoms with Crippen LogP contribution in [0.1, 0.15) is 16.1 Å². The number of hydrogen-bond donors (Lipinski definition) is 3. The second-order valence-electron chi connectivity index (χ2n) is 8.08. The summed E-state index contributed by atoms with van der Waals surface area (Å²) >= 11 is 5.97. The second kappa shape index (κ2) is 11.3. The number of amides is 1. The SMILES string of the molecule is O=C(NN(Cc1ccc(-c2cc(Cl)ccc2F)cc1)CC(O)C(=O)O)c1cc(-c2cccc(F)c2)no1. The fraction of sp³-hybridized carbons (Fsp3) is 0.115. The first-order valence-corrected chi connectivity index (χ1v) is 11.3. The number of nitrogens with zero attached hydrogens (tertiary/aromatic N) is 2. The van der Waals surface area contributed by atoms with Gasteiger partial charge in [0.1, 0.15) is 17.3 Å². The van der Waals surface area contributed by atoms with Crippen LogP contribution in [-0.2, 0) is 11.3 Å². The van der Waals surface area contributed by atoms with Crippen LogP contribution >= 0.6 is 11.6 Å². The average molecular weight is 528 g/mol. The van der Waals surface area contributed by atoms with Crippen molar-refractivity contribution in [2.24, 2.45) is 0 Å². The molecule has 0 saturated carbocycles. The maximum absolute atomic E-state index is 14.2. The lowest BCUT2D eigenvalue weighted by atomic mass is 10.0. The highest BCUT2D eigenvalue weighted by molar-refractivity contribution is 6.30. The number of aliphatic hydroxyl groups is 1. The Morgan fingerprint density at radius 3 is 2.49 bits per heavy atom. The van der Waals surface area contributed by atoms with E-state index in [1.165, 1.54) is 47.5 Å². The van der Waals surface area contributed by atoms with E-state index in [2.05, 4.69) is 10.6 Å². The van der Waals surface area contributed by atoms with Crippen molar-refractivity contribution in [3.63, 3.8) is 0 Å². The normalized spacial score (nSPS) is 11.9. The molecule has 0 radical (unpaired) electrons. The summed E-state index contributed by atoms with van der Waals surface area (Å²) in [5.41, 5.74) is 4.62. The summed E-state index contributed by atoms with van der Waals surface area (Å²) in [5, 5.41) is 24.3. The van der Waals surface area contributed by atoms with Crippen molar-refractivity contribution in [3.05, 3.63) is 101 Å². The van der Waals surface area contributed by atoms with Gasteiger partial charge in [-0.25, -0.2) is 18.6 Å². The molecule has 4 rings (SSSR count). The minimum atomic E-state index is -1.79. The smallest absolute Gasteiger partial charge is 0.333 e. The van der Waals surface area contributed by atoms with Crippen molar-refractivity contribution >= 4 is 23.5 Å². The van der Waals surface area contributed by atoms with E-state index in [-0.39, 0.29) is 18.0 Å². The van der Waals surface area contributed by atoms with Gasteiger partial charge in [-0.15, -0.1) is 0 Å². The standard InChI is InChI=1S/C26H20ClF2N3O5/c27-18-8-9-21(29)20(11-18)16-6-4-15(5-7-16)13-32(14-23(33)26(35)36)30-25(34)24-12-22(31-37-24)17-2-1-3-19(28)10-17/h1-12,23,33H,13-14H2,(H,30,34)(H,35,36). The van der Waals surface area contributed by atoms with Crippen molar-refractivity contribution in [1.29, 1.82) is 0 Å². The molecule has 0 aliphatic heterocycles. The Morgan fingerprint density at radius 2 is 1.78 bits per heavy atom. The van der Waals surface area contributed by atoms with E-state index in [1.54, 1.807) is 30.3 Å². The quantitative estimate of drug-likeness (QED) is 0.274. The molecular weight excluding hydrogens is 508 g/mol. The molecule has 3 N–H and O–H groups in total. The van der Waals surface area contributed by atoms with Crippen LogP contribution in [0.15, 0.2) is 77.3 Å². The number of hydrazine groups is 1. The van der Waals surface area contributed by atoms with Crippen LogP contribution in [-0.4, -0.2) is 44.9 Å². The summed E-state index contributed by atoms with van der Waals surface area (Å²) in [6.45, 7) is -0.448. The third-order valence-corrected chi connectivity index (χ3v) is 5.59. The van der Waals surface area contributed by atoms with Crippen LogP contribution in [0.2, 0.25) is 5.02 Å². The zero-order valence-electron chi connectivity index (χ0n) is 19.1. The van der Waals surface area contributed by atoms with Crippen LogP contribution in [0.25, 0.3) is 22.4 Å². The fourth-order valence-electron chi connectivity index (χ4n) is 3.53. The van der Waals surface area contributed by atoms with Crippen LogP contribution in [0.3, 0.4) is 0 Å². The first-order chi connectivity index (χ1) is 17.7. The highest BCUT2D eigenvalue weighted by Crippen LogP contribution is 2.26. The predicted molar refractivity (Wildman–Crippen MR) is 130 cm³/mol. The van der Waals surface area contributed by atoms with Crippen molar-refractivity contribution in [2.75, 3.05) is 6.54 Å². The molecule has 1 unspecified atom stereocenters. The first kappa shape index (κ1) is 26.0. The van der Waals surface area contributed by atoms with E-state index in [1.807, 2.05) is 0 Å². The van der Waals surface area contributed by atoms with Gasteiger partial charge < -0.3 is 14.7 Å². The number of carboxylic acid groups (broad SMARTS) is 1. The molecule has 190 valence electrons. The molecule has 4 aromatic rings. The number of aliphatic hydroxyl groups excluding tert-OH is 1. The number of halogens is 3. The topological polar surface area (TPSA) is 116 Å². The second-order valence-corrected chi connectivity index (χ2v) is 8.52. The van der Waals surface area contributed by atoms with Gasteiger partial charge in [-0.1, -0.05) is 53.2 Å². The summed E-state index contributed by atoms with van der Waals surface area (Å²) in [4.78, 5) is 24.0. The zero-order valence-corrected chi connectivity index (χ0v) is 19.8. The number of rotatable bonds is 9. The van der Waals surface area contributed by atoms with Gasteiger partial charge in [0, 0.05) is 28.8 Å². The lowest BCUT2D eigenvalue weighted by Crippen LogP contribution is -2.47. The van der Waals surface area contributed by atoms with Gasteiger partial charge in [0.25, 0.3) is 0 Å². The largest absolute Gasteiger partial charge is 0.479 e. The lowest BCUT2D eigenvalue weighted by molar-refractivity contribution is -0.148. The van der Waals surface area contributed by atoms with Crippen molar-refractivity contribution in [3.8, 4) is 22.4 Å². The van der Waals surface area contributed by atoms with E-state index in [0.29, 0.717) is 27.3 Å². The number of carbonyl (C=O) groups excluding carboxylic acids is 1. The third-order valence-electron chi connectivity index (χ3n) is 5.36. The van der Waals surface area contributed by atoms with Gasteiger partial charge in [0.05, 0.1) is 6.54 Å². The summed E-state index contributed by atoms with van der Waals surface area (Å²) in [6, 6.07) is 17.7. The summed E-state index contributed by atoms with van der Waals surface area (Å²) in [5.74, 6) is -3.37. The summed E-state index contributed by atoms with van der Waals surface area (Å²) in [6.07, 6.45) is -1.79. The van der Waals surface area contributed by atoms with E-state index >= 15 is 0 Å². The van der Waals surface area contributed by atoms with Crippen molar-refractivity contribution in [1.82, 2.24) is 15.6 Å². The molecular formula is C26H20ClF2N3O5. The number of hydrogen-bond acceptors (Lipinski definition) is 6. The maximum Gasteiger partial charge on any atom is 0.333 e. The summed E-state index contributed by atoms with van der Waals surface area (Å²) < 4.78 is 32.8. The Hall–Kier alpha value is -4.12. The minimum absolute atomic E-state index is 0.000715. The van der Waals surface area contributed by atoms with E-state index in [9.17, 15) is 23.5 Å². The van der Waals surface area contributed by atoms with Gasteiger partial charge >= 0.3 is 11.9 Å². The van der Waals surface area contributed by atoms with Gasteiger partial charge in [-0.2, -0.15) is 0 Å². The van der Waals surface area contributed by atoms with Gasteiger partial charge in [0.2, 0.25) is 5.76 Å². The molecule has 1 amide bonds. The van der Waals surface area contributed by atoms with Gasteiger partial charge in [-0.05, 0) is 41.5 Å². The van der Waals surface area contributed by atoms with E-state index in [0.717, 1.165) is 0 Å². The molecule has 0 aliphatic rings. The number of carboxylic acids is 1. The molecule has 0 spiro atoms. The molecule has 0 bridgehead atoms. The van der Waals surface area contributed by atoms with Crippen molar-refractivity contribution < 1.29 is 33.1 Å². The Balaban J connectivity index is 1.50. The van der Waals surface area contributed by atoms with E-state index in [4.69, 9.17) is 21.2 Å². The Kier molecular flexibility index (Phi) is 7.92. The predicted octanol–water partition coefficient (Wildman–Crippen LogP) is 4.53. The average Bonchev–Trinajstić information content (AvgIpc) is 3.37. The Bertz CT molecular complexity index is 1430. The molecule has 1 heterocycles. The molecule has 0 aliphatic carbocycles. The van der Waals surface area contributed by atoms with Crippen LogP contribution in [0, 0.1) is 11.6 Å². The molecule has 37 heavy (non-hydrogen) atoms. The third kappa shape index (κ3) is 6.56. The molecule has 0 fully saturated rings. The highest BCUT2D eigenvalue weighted by Gasteiger charge is 2.22. The van der Waals surface area contributed by atoms with Crippen LogP contribution in [0.5, 0.6) is 0 Å². The van der Waals surface area contributed by atoms with Crippen LogP contribution in [0.4, 0.5) is 8.78 Å². The molecule has 8 nitrogen and oxygen atoms in total. The van der Waals surface area contributed by atoms with Crippen LogP contribution < -0.4 is 5.43 Å². The Labute approximate surface area is 214 Å². The number of benzene rings is 3. The monoisotopic (exact) mass is 527 g/mol. The first-order valence-electron chi connectivity index (χ1n) is 10.9. The number of aromatic nitrogens is 1. The molecule has 1 aromatic heterocycles. The Morgan fingerprint density at radius 1 is 1.03 bits per heavy atom. The van der Waals surface area contributed by atoms with Gasteiger partial charge in [-0.3, -0.25) is 10.2 Å². The molecule has 3 aromatic carbocycles. The highest BCUT2D eigenvalue weighted by atomic mass is 35.5. The van der Waals surface area contributed by atoms with Crippen molar-refractivity contribution in [2.45, 2.75) is 12.6 Å². The maximum atomic E-state index is 14.2.